The fraction of sp³-hybridized carbons (Fsp3) is 0.529. The topological polar surface area (TPSA) is 55.1 Å². The number of hydrogen-bond acceptors (Lipinski definition) is 2. The Labute approximate surface area is 125 Å². The molecule has 4 nitrogen and oxygen atoms in total. The fourth-order valence-corrected chi connectivity index (χ4v) is 3.47. The predicted molar refractivity (Wildman–Crippen MR) is 84.8 cm³/mol. The molecule has 1 heterocycles. The molecule has 0 aliphatic carbocycles. The molecule has 0 aliphatic rings. The highest BCUT2D eigenvalue weighted by molar-refractivity contribution is 5.92. The molecule has 4 heteroatoms. The fourth-order valence-electron chi connectivity index (χ4n) is 3.47. The highest BCUT2D eigenvalue weighted by Gasteiger charge is 2.30. The van der Waals surface area contributed by atoms with Gasteiger partial charge >= 0.3 is 5.97 Å². The molecule has 0 spiro atoms. The Morgan fingerprint density at radius 3 is 2.38 bits per heavy atom. The molecule has 0 saturated carbocycles. The lowest BCUT2D eigenvalue weighted by atomic mass is 9.81. The Kier molecular flexibility index (Phi) is 3.60. The minimum absolute atomic E-state index is 0.131. The lowest BCUT2D eigenvalue weighted by Gasteiger charge is -2.35. The zero-order valence-electron chi connectivity index (χ0n) is 13.7. The molecule has 0 amide bonds. The second kappa shape index (κ2) is 4.86. The van der Waals surface area contributed by atoms with Crippen LogP contribution >= 0.6 is 0 Å². The van der Waals surface area contributed by atoms with Gasteiger partial charge in [0.25, 0.3) is 0 Å². The minimum Gasteiger partial charge on any atom is -0.478 e. The molecule has 0 fully saturated rings. The number of nitrogens with zero attached hydrogens (tertiary/aromatic N) is 2. The summed E-state index contributed by atoms with van der Waals surface area (Å²) in [5, 5.41) is 9.20. The van der Waals surface area contributed by atoms with Crippen molar-refractivity contribution in [1.82, 2.24) is 9.55 Å². The summed E-state index contributed by atoms with van der Waals surface area (Å²) in [6, 6.07) is 5.12. The van der Waals surface area contributed by atoms with Crippen LogP contribution in [0.4, 0.5) is 0 Å². The van der Waals surface area contributed by atoms with Crippen LogP contribution in [0.1, 0.15) is 57.2 Å². The minimum atomic E-state index is -0.907. The van der Waals surface area contributed by atoms with Gasteiger partial charge in [-0.1, -0.05) is 20.8 Å². The summed E-state index contributed by atoms with van der Waals surface area (Å²) in [7, 11) is 0. The molecule has 0 atom stereocenters. The summed E-state index contributed by atoms with van der Waals surface area (Å²) < 4.78 is 2.17. The van der Waals surface area contributed by atoms with Crippen LogP contribution in [-0.4, -0.2) is 20.6 Å². The Morgan fingerprint density at radius 1 is 1.24 bits per heavy atom. The first kappa shape index (κ1) is 15.5. The largest absolute Gasteiger partial charge is 0.478 e. The normalized spacial score (nSPS) is 12.9. The van der Waals surface area contributed by atoms with Gasteiger partial charge in [0.1, 0.15) is 5.82 Å². The lowest BCUT2D eigenvalue weighted by molar-refractivity contribution is 0.0697. The molecular formula is C17H24N2O2. The number of aromatic nitrogens is 2. The van der Waals surface area contributed by atoms with E-state index in [0.29, 0.717) is 5.56 Å². The number of imidazole rings is 1. The van der Waals surface area contributed by atoms with Crippen LogP contribution in [0.2, 0.25) is 0 Å². The SMILES string of the molecule is Cc1nc2ccc(C(=O)O)cc2n1C(C)(C)CC(C)(C)C. The number of rotatable bonds is 3. The summed E-state index contributed by atoms with van der Waals surface area (Å²) in [4.78, 5) is 15.8. The molecule has 0 unspecified atom stereocenters. The zero-order chi connectivity index (χ0) is 16.0. The van der Waals surface area contributed by atoms with Gasteiger partial charge in [0.05, 0.1) is 16.6 Å². The monoisotopic (exact) mass is 288 g/mol. The second-order valence-electron chi connectivity index (χ2n) is 7.55. The van der Waals surface area contributed by atoms with Gasteiger partial charge in [-0.05, 0) is 50.8 Å². The van der Waals surface area contributed by atoms with Crippen LogP contribution < -0.4 is 0 Å². The molecule has 2 rings (SSSR count). The zero-order valence-corrected chi connectivity index (χ0v) is 13.7. The van der Waals surface area contributed by atoms with E-state index in [9.17, 15) is 9.90 Å². The summed E-state index contributed by atoms with van der Waals surface area (Å²) in [6.07, 6.45) is 0.976. The summed E-state index contributed by atoms with van der Waals surface area (Å²) in [5.41, 5.74) is 2.09. The first-order valence-corrected chi connectivity index (χ1v) is 7.24. The first-order valence-electron chi connectivity index (χ1n) is 7.24. The standard InChI is InChI=1S/C17H24N2O2/c1-11-18-13-8-7-12(15(20)21)9-14(13)19(11)17(5,6)10-16(2,3)4/h7-9H,10H2,1-6H3,(H,20,21). The molecule has 0 radical (unpaired) electrons. The molecule has 1 aromatic carbocycles. The van der Waals surface area contributed by atoms with Crippen LogP contribution in [-0.2, 0) is 5.54 Å². The van der Waals surface area contributed by atoms with Crippen LogP contribution in [0, 0.1) is 12.3 Å². The first-order chi connectivity index (χ1) is 9.51. The number of aromatic carboxylic acids is 1. The van der Waals surface area contributed by atoms with Crippen molar-refractivity contribution in [2.45, 2.75) is 53.5 Å². The predicted octanol–water partition coefficient (Wildman–Crippen LogP) is 4.21. The maximum Gasteiger partial charge on any atom is 0.335 e. The third-order valence-electron chi connectivity index (χ3n) is 3.64. The molecule has 0 aliphatic heterocycles. The van der Waals surface area contributed by atoms with E-state index in [4.69, 9.17) is 0 Å². The quantitative estimate of drug-likeness (QED) is 0.920. The summed E-state index contributed by atoms with van der Waals surface area (Å²) >= 11 is 0. The number of carboxylic acids is 1. The van der Waals surface area contributed by atoms with Gasteiger partial charge in [-0.25, -0.2) is 9.78 Å². The molecular weight excluding hydrogens is 264 g/mol. The van der Waals surface area contributed by atoms with Crippen molar-refractivity contribution in [2.75, 3.05) is 0 Å². The van der Waals surface area contributed by atoms with Crippen molar-refractivity contribution in [3.8, 4) is 0 Å². The van der Waals surface area contributed by atoms with Gasteiger partial charge in [-0.15, -0.1) is 0 Å². The van der Waals surface area contributed by atoms with Gasteiger partial charge < -0.3 is 9.67 Å². The molecule has 0 saturated heterocycles. The van der Waals surface area contributed by atoms with E-state index in [1.54, 1.807) is 18.2 Å². The number of carboxylic acid groups (broad SMARTS) is 1. The van der Waals surface area contributed by atoms with Crippen molar-refractivity contribution in [2.24, 2.45) is 5.41 Å². The number of carbonyl (C=O) groups is 1. The van der Waals surface area contributed by atoms with Crippen molar-refractivity contribution in [3.05, 3.63) is 29.6 Å². The molecule has 1 N–H and O–H groups in total. The highest BCUT2D eigenvalue weighted by Crippen LogP contribution is 2.35. The second-order valence-corrected chi connectivity index (χ2v) is 7.55. The van der Waals surface area contributed by atoms with Gasteiger partial charge in [-0.2, -0.15) is 0 Å². The van der Waals surface area contributed by atoms with Gasteiger partial charge in [0.15, 0.2) is 0 Å². The van der Waals surface area contributed by atoms with Gasteiger partial charge in [0.2, 0.25) is 0 Å². The average Bonchev–Trinajstić information content (AvgIpc) is 2.60. The van der Waals surface area contributed by atoms with Crippen LogP contribution in [0.3, 0.4) is 0 Å². The van der Waals surface area contributed by atoms with Crippen LogP contribution in [0.15, 0.2) is 18.2 Å². The number of benzene rings is 1. The Hall–Kier alpha value is -1.84. The Morgan fingerprint density at radius 2 is 1.86 bits per heavy atom. The van der Waals surface area contributed by atoms with E-state index in [1.807, 2.05) is 6.92 Å². The number of fused-ring (bicyclic) bond motifs is 1. The summed E-state index contributed by atoms with van der Waals surface area (Å²) in [6.45, 7) is 13.0. The Balaban J connectivity index is 2.64. The Bertz CT molecular complexity index is 691. The maximum absolute atomic E-state index is 11.2. The van der Waals surface area contributed by atoms with E-state index in [2.05, 4.69) is 44.2 Å². The van der Waals surface area contributed by atoms with E-state index in [-0.39, 0.29) is 11.0 Å². The maximum atomic E-state index is 11.2. The van der Waals surface area contributed by atoms with Crippen LogP contribution in [0.5, 0.6) is 0 Å². The molecule has 0 bridgehead atoms. The highest BCUT2D eigenvalue weighted by atomic mass is 16.4. The number of hydrogen-bond donors (Lipinski definition) is 1. The van der Waals surface area contributed by atoms with E-state index < -0.39 is 5.97 Å². The average molecular weight is 288 g/mol. The van der Waals surface area contributed by atoms with Crippen LogP contribution in [0.25, 0.3) is 11.0 Å². The van der Waals surface area contributed by atoms with E-state index in [0.717, 1.165) is 23.3 Å². The molecule has 114 valence electrons. The molecule has 2 aromatic rings. The van der Waals surface area contributed by atoms with E-state index >= 15 is 0 Å². The van der Waals surface area contributed by atoms with E-state index in [1.165, 1.54) is 0 Å². The third-order valence-corrected chi connectivity index (χ3v) is 3.64. The van der Waals surface area contributed by atoms with Crippen molar-refractivity contribution in [3.63, 3.8) is 0 Å². The third kappa shape index (κ3) is 3.09. The van der Waals surface area contributed by atoms with Crippen molar-refractivity contribution in [1.29, 1.82) is 0 Å². The van der Waals surface area contributed by atoms with Gasteiger partial charge in [-0.3, -0.25) is 0 Å². The number of aryl methyl sites for hydroxylation is 1. The molecule has 1 aromatic heterocycles. The lowest BCUT2D eigenvalue weighted by Crippen LogP contribution is -2.32. The smallest absolute Gasteiger partial charge is 0.335 e. The van der Waals surface area contributed by atoms with Gasteiger partial charge in [0, 0.05) is 5.54 Å². The summed E-state index contributed by atoms with van der Waals surface area (Å²) in [5.74, 6) is 0.0118. The molecule has 21 heavy (non-hydrogen) atoms. The van der Waals surface area contributed by atoms with Crippen molar-refractivity contribution >= 4 is 17.0 Å². The van der Waals surface area contributed by atoms with Crippen molar-refractivity contribution < 1.29 is 9.90 Å².